The zero-order chi connectivity index (χ0) is 11.2. The van der Waals surface area contributed by atoms with Crippen LogP contribution in [-0.2, 0) is 0 Å². The lowest BCUT2D eigenvalue weighted by molar-refractivity contribution is 0.533. The van der Waals surface area contributed by atoms with Gasteiger partial charge in [-0.05, 0) is 30.0 Å². The fourth-order valence-corrected chi connectivity index (χ4v) is 3.31. The molecule has 3 heteroatoms. The second kappa shape index (κ2) is 3.50. The molecule has 1 N–H and O–H groups in total. The lowest BCUT2D eigenvalue weighted by atomic mass is 10.0. The van der Waals surface area contributed by atoms with Crippen molar-refractivity contribution >= 4 is 16.7 Å². The molecular formula is C14H16N2O. The van der Waals surface area contributed by atoms with Crippen LogP contribution in [0.15, 0.2) is 34.9 Å². The van der Waals surface area contributed by atoms with E-state index in [4.69, 9.17) is 4.42 Å². The molecule has 4 rings (SSSR count). The predicted molar refractivity (Wildman–Crippen MR) is 68.3 cm³/mol. The molecule has 2 aromatic rings. The van der Waals surface area contributed by atoms with E-state index in [1.54, 1.807) is 6.26 Å². The van der Waals surface area contributed by atoms with Gasteiger partial charge in [-0.15, -0.1) is 0 Å². The molecule has 0 aliphatic carbocycles. The van der Waals surface area contributed by atoms with E-state index in [0.29, 0.717) is 0 Å². The SMILES string of the molecule is c1cc(N2CC3CNCC3C2)c2ccoc2c1. The van der Waals surface area contributed by atoms with Crippen LogP contribution in [0.3, 0.4) is 0 Å². The zero-order valence-electron chi connectivity index (χ0n) is 9.73. The van der Waals surface area contributed by atoms with Crippen molar-refractivity contribution in [1.29, 1.82) is 0 Å². The lowest BCUT2D eigenvalue weighted by Crippen LogP contribution is -2.25. The number of hydrogen-bond donors (Lipinski definition) is 1. The van der Waals surface area contributed by atoms with Crippen molar-refractivity contribution in [2.24, 2.45) is 11.8 Å². The number of fused-ring (bicyclic) bond motifs is 2. The largest absolute Gasteiger partial charge is 0.464 e. The predicted octanol–water partition coefficient (Wildman–Crippen LogP) is 2.09. The van der Waals surface area contributed by atoms with Gasteiger partial charge in [0.1, 0.15) is 5.58 Å². The highest BCUT2D eigenvalue weighted by atomic mass is 16.3. The summed E-state index contributed by atoms with van der Waals surface area (Å²) in [6.45, 7) is 4.73. The van der Waals surface area contributed by atoms with E-state index in [1.807, 2.05) is 6.07 Å². The van der Waals surface area contributed by atoms with Crippen molar-refractivity contribution in [3.8, 4) is 0 Å². The van der Waals surface area contributed by atoms with Gasteiger partial charge in [-0.25, -0.2) is 0 Å². The normalized spacial score (nSPS) is 27.9. The van der Waals surface area contributed by atoms with Crippen LogP contribution in [0.2, 0.25) is 0 Å². The van der Waals surface area contributed by atoms with Crippen LogP contribution in [0.25, 0.3) is 11.0 Å². The fourth-order valence-electron chi connectivity index (χ4n) is 3.31. The number of benzene rings is 1. The van der Waals surface area contributed by atoms with Crippen LogP contribution in [0.4, 0.5) is 5.69 Å². The average Bonchev–Trinajstić information content (AvgIpc) is 3.02. The first kappa shape index (κ1) is 9.54. The first-order chi connectivity index (χ1) is 8.42. The molecule has 3 nitrogen and oxygen atoms in total. The highest BCUT2D eigenvalue weighted by Gasteiger charge is 2.36. The Balaban J connectivity index is 1.73. The highest BCUT2D eigenvalue weighted by molar-refractivity contribution is 5.91. The highest BCUT2D eigenvalue weighted by Crippen LogP contribution is 2.34. The van der Waals surface area contributed by atoms with E-state index >= 15 is 0 Å². The Hall–Kier alpha value is -1.48. The van der Waals surface area contributed by atoms with Gasteiger partial charge in [0.2, 0.25) is 0 Å². The molecule has 2 atom stereocenters. The van der Waals surface area contributed by atoms with Crippen LogP contribution < -0.4 is 10.2 Å². The number of nitrogens with zero attached hydrogens (tertiary/aromatic N) is 1. The minimum Gasteiger partial charge on any atom is -0.464 e. The van der Waals surface area contributed by atoms with Gasteiger partial charge in [0, 0.05) is 37.3 Å². The van der Waals surface area contributed by atoms with E-state index < -0.39 is 0 Å². The number of nitrogens with one attached hydrogen (secondary N) is 1. The van der Waals surface area contributed by atoms with Crippen molar-refractivity contribution in [2.45, 2.75) is 0 Å². The van der Waals surface area contributed by atoms with Gasteiger partial charge < -0.3 is 14.6 Å². The third kappa shape index (κ3) is 1.39. The first-order valence-corrected chi connectivity index (χ1v) is 6.34. The molecule has 0 spiro atoms. The van der Waals surface area contributed by atoms with Crippen molar-refractivity contribution < 1.29 is 4.42 Å². The minimum atomic E-state index is 0.831. The summed E-state index contributed by atoms with van der Waals surface area (Å²) in [6, 6.07) is 8.42. The summed E-state index contributed by atoms with van der Waals surface area (Å²) in [7, 11) is 0. The lowest BCUT2D eigenvalue weighted by Gasteiger charge is -2.20. The molecule has 2 saturated heterocycles. The molecule has 0 radical (unpaired) electrons. The molecule has 2 unspecified atom stereocenters. The molecule has 2 fully saturated rings. The monoisotopic (exact) mass is 228 g/mol. The Bertz CT molecular complexity index is 536. The van der Waals surface area contributed by atoms with Gasteiger partial charge in [-0.3, -0.25) is 0 Å². The third-order valence-electron chi connectivity index (χ3n) is 4.20. The van der Waals surface area contributed by atoms with Gasteiger partial charge in [0.15, 0.2) is 0 Å². The van der Waals surface area contributed by atoms with Crippen LogP contribution in [0.1, 0.15) is 0 Å². The van der Waals surface area contributed by atoms with Crippen LogP contribution in [0, 0.1) is 11.8 Å². The van der Waals surface area contributed by atoms with Crippen molar-refractivity contribution in [1.82, 2.24) is 5.32 Å². The van der Waals surface area contributed by atoms with Gasteiger partial charge >= 0.3 is 0 Å². The maximum absolute atomic E-state index is 5.47. The van der Waals surface area contributed by atoms with Crippen LogP contribution in [0.5, 0.6) is 0 Å². The topological polar surface area (TPSA) is 28.4 Å². The van der Waals surface area contributed by atoms with Gasteiger partial charge in [0.05, 0.1) is 6.26 Å². The number of furan rings is 1. The van der Waals surface area contributed by atoms with Gasteiger partial charge in [-0.2, -0.15) is 0 Å². The Morgan fingerprint density at radius 1 is 1.12 bits per heavy atom. The number of hydrogen-bond acceptors (Lipinski definition) is 3. The Kier molecular flexibility index (Phi) is 1.97. The molecule has 17 heavy (non-hydrogen) atoms. The van der Waals surface area contributed by atoms with Crippen molar-refractivity contribution in [2.75, 3.05) is 31.1 Å². The Morgan fingerprint density at radius 3 is 2.76 bits per heavy atom. The van der Waals surface area contributed by atoms with Gasteiger partial charge in [-0.1, -0.05) is 6.07 Å². The standard InChI is InChI=1S/C14H16N2O/c1-2-13(12-4-5-17-14(12)3-1)16-8-10-6-15-7-11(10)9-16/h1-5,10-11,15H,6-9H2. The number of rotatable bonds is 1. The van der Waals surface area contributed by atoms with E-state index in [1.165, 1.54) is 37.3 Å². The van der Waals surface area contributed by atoms with Crippen LogP contribution >= 0.6 is 0 Å². The molecule has 2 aliphatic rings. The van der Waals surface area contributed by atoms with E-state index in [9.17, 15) is 0 Å². The maximum Gasteiger partial charge on any atom is 0.135 e. The van der Waals surface area contributed by atoms with Crippen molar-refractivity contribution in [3.63, 3.8) is 0 Å². The summed E-state index contributed by atoms with van der Waals surface area (Å²) < 4.78 is 5.47. The minimum absolute atomic E-state index is 0.831. The zero-order valence-corrected chi connectivity index (χ0v) is 9.73. The van der Waals surface area contributed by atoms with E-state index in [-0.39, 0.29) is 0 Å². The molecule has 3 heterocycles. The summed E-state index contributed by atoms with van der Waals surface area (Å²) in [4.78, 5) is 2.52. The molecule has 1 aromatic carbocycles. The molecule has 88 valence electrons. The molecule has 0 saturated carbocycles. The molecule has 0 bridgehead atoms. The summed E-state index contributed by atoms with van der Waals surface area (Å²) in [6.07, 6.45) is 1.78. The second-order valence-corrected chi connectivity index (χ2v) is 5.19. The maximum atomic E-state index is 5.47. The molecular weight excluding hydrogens is 212 g/mol. The average molecular weight is 228 g/mol. The van der Waals surface area contributed by atoms with Crippen LogP contribution in [-0.4, -0.2) is 26.2 Å². The van der Waals surface area contributed by atoms with E-state index in [0.717, 1.165) is 17.4 Å². The number of anilines is 1. The third-order valence-corrected chi connectivity index (χ3v) is 4.20. The smallest absolute Gasteiger partial charge is 0.135 e. The Labute approximate surface area is 100 Å². The summed E-state index contributed by atoms with van der Waals surface area (Å²) >= 11 is 0. The fraction of sp³-hybridized carbons (Fsp3) is 0.429. The van der Waals surface area contributed by atoms with Crippen molar-refractivity contribution in [3.05, 3.63) is 30.5 Å². The first-order valence-electron chi connectivity index (χ1n) is 6.34. The van der Waals surface area contributed by atoms with E-state index in [2.05, 4.69) is 28.4 Å². The summed E-state index contributed by atoms with van der Waals surface area (Å²) in [5.41, 5.74) is 2.34. The molecule has 0 amide bonds. The quantitative estimate of drug-likeness (QED) is 0.810. The Morgan fingerprint density at radius 2 is 1.94 bits per heavy atom. The summed E-state index contributed by atoms with van der Waals surface area (Å²) in [5, 5.41) is 4.73. The molecule has 2 aliphatic heterocycles. The second-order valence-electron chi connectivity index (χ2n) is 5.19. The summed E-state index contributed by atoms with van der Waals surface area (Å²) in [5.74, 6) is 1.66. The van der Waals surface area contributed by atoms with Gasteiger partial charge in [0.25, 0.3) is 0 Å². The molecule has 1 aromatic heterocycles.